The number of nitrogens with one attached hydrogen (secondary N) is 1. The summed E-state index contributed by atoms with van der Waals surface area (Å²) in [6, 6.07) is 8.39. The van der Waals surface area contributed by atoms with Gasteiger partial charge in [0.15, 0.2) is 0 Å². The molecule has 88 valence electrons. The zero-order valence-corrected chi connectivity index (χ0v) is 11.0. The number of benzene rings is 1. The molecule has 2 nitrogen and oxygen atoms in total. The molecule has 0 unspecified atom stereocenters. The third-order valence-corrected chi connectivity index (χ3v) is 3.26. The minimum atomic E-state index is -0.216. The fourth-order valence-corrected chi connectivity index (χ4v) is 1.65. The van der Waals surface area contributed by atoms with Crippen LogP contribution in [0.1, 0.15) is 11.1 Å². The van der Waals surface area contributed by atoms with E-state index >= 15 is 0 Å². The van der Waals surface area contributed by atoms with Crippen molar-refractivity contribution in [1.82, 2.24) is 4.98 Å². The van der Waals surface area contributed by atoms with Gasteiger partial charge in [-0.3, -0.25) is 0 Å². The lowest BCUT2D eigenvalue weighted by molar-refractivity contribution is 0.627. The summed E-state index contributed by atoms with van der Waals surface area (Å²) in [7, 11) is 0. The van der Waals surface area contributed by atoms with Gasteiger partial charge < -0.3 is 5.32 Å². The maximum absolute atomic E-state index is 12.7. The maximum Gasteiger partial charge on any atom is 0.126 e. The van der Waals surface area contributed by atoms with Gasteiger partial charge in [-0.15, -0.1) is 0 Å². The van der Waals surface area contributed by atoms with Gasteiger partial charge in [0, 0.05) is 17.2 Å². The SMILES string of the molecule is Cc1cc(NCc2ccc(F)cc2)ncc1Br. The monoisotopic (exact) mass is 294 g/mol. The number of aryl methyl sites for hydroxylation is 1. The van der Waals surface area contributed by atoms with Crippen LogP contribution in [0.4, 0.5) is 10.2 Å². The smallest absolute Gasteiger partial charge is 0.126 e. The van der Waals surface area contributed by atoms with Crippen molar-refractivity contribution in [2.24, 2.45) is 0 Å². The van der Waals surface area contributed by atoms with Crippen LogP contribution in [-0.4, -0.2) is 4.98 Å². The van der Waals surface area contributed by atoms with Gasteiger partial charge in [-0.25, -0.2) is 9.37 Å². The quantitative estimate of drug-likeness (QED) is 0.928. The van der Waals surface area contributed by atoms with E-state index in [9.17, 15) is 4.39 Å². The Morgan fingerprint density at radius 2 is 2.00 bits per heavy atom. The van der Waals surface area contributed by atoms with Gasteiger partial charge in [-0.05, 0) is 52.2 Å². The fourth-order valence-electron chi connectivity index (χ4n) is 1.43. The second-order valence-corrected chi connectivity index (χ2v) is 4.65. The Morgan fingerprint density at radius 3 is 2.65 bits per heavy atom. The fraction of sp³-hybridized carbons (Fsp3) is 0.154. The van der Waals surface area contributed by atoms with E-state index in [0.29, 0.717) is 6.54 Å². The highest BCUT2D eigenvalue weighted by molar-refractivity contribution is 9.10. The Kier molecular flexibility index (Phi) is 3.74. The topological polar surface area (TPSA) is 24.9 Å². The summed E-state index contributed by atoms with van der Waals surface area (Å²) in [5.41, 5.74) is 2.15. The van der Waals surface area contributed by atoms with Gasteiger partial charge in [0.2, 0.25) is 0 Å². The molecule has 0 saturated heterocycles. The first-order valence-corrected chi connectivity index (χ1v) is 6.05. The molecule has 0 fully saturated rings. The highest BCUT2D eigenvalue weighted by Crippen LogP contribution is 2.17. The lowest BCUT2D eigenvalue weighted by atomic mass is 10.2. The molecule has 4 heteroatoms. The summed E-state index contributed by atoms with van der Waals surface area (Å²) in [6.45, 7) is 2.64. The first-order chi connectivity index (χ1) is 8.15. The summed E-state index contributed by atoms with van der Waals surface area (Å²) in [4.78, 5) is 4.24. The largest absolute Gasteiger partial charge is 0.366 e. The van der Waals surface area contributed by atoms with E-state index in [4.69, 9.17) is 0 Å². The van der Waals surface area contributed by atoms with Crippen molar-refractivity contribution in [3.05, 3.63) is 57.9 Å². The molecule has 2 aromatic rings. The average Bonchev–Trinajstić information content (AvgIpc) is 2.33. The molecule has 0 spiro atoms. The molecule has 0 aliphatic carbocycles. The molecule has 0 radical (unpaired) electrons. The first kappa shape index (κ1) is 12.0. The van der Waals surface area contributed by atoms with Gasteiger partial charge in [0.1, 0.15) is 11.6 Å². The second kappa shape index (κ2) is 5.27. The van der Waals surface area contributed by atoms with Crippen LogP contribution in [-0.2, 0) is 6.54 Å². The van der Waals surface area contributed by atoms with Gasteiger partial charge in [-0.2, -0.15) is 0 Å². The normalized spacial score (nSPS) is 10.3. The number of pyridine rings is 1. The second-order valence-electron chi connectivity index (χ2n) is 3.80. The Labute approximate surface area is 108 Å². The minimum absolute atomic E-state index is 0.216. The zero-order chi connectivity index (χ0) is 12.3. The first-order valence-electron chi connectivity index (χ1n) is 5.25. The molecule has 17 heavy (non-hydrogen) atoms. The zero-order valence-electron chi connectivity index (χ0n) is 9.37. The third-order valence-electron chi connectivity index (χ3n) is 2.43. The molecule has 0 saturated carbocycles. The van der Waals surface area contributed by atoms with Crippen LogP contribution in [0.3, 0.4) is 0 Å². The van der Waals surface area contributed by atoms with Crippen LogP contribution >= 0.6 is 15.9 Å². The summed E-state index contributed by atoms with van der Waals surface area (Å²) in [6.07, 6.45) is 1.77. The van der Waals surface area contributed by atoms with Gasteiger partial charge >= 0.3 is 0 Å². The number of anilines is 1. The maximum atomic E-state index is 12.7. The Balaban J connectivity index is 2.02. The highest BCUT2D eigenvalue weighted by Gasteiger charge is 1.99. The van der Waals surface area contributed by atoms with Crippen molar-refractivity contribution in [3.8, 4) is 0 Å². The van der Waals surface area contributed by atoms with Crippen molar-refractivity contribution in [2.75, 3.05) is 5.32 Å². The van der Waals surface area contributed by atoms with Gasteiger partial charge in [0.05, 0.1) is 0 Å². The predicted molar refractivity (Wildman–Crippen MR) is 70.4 cm³/mol. The number of hydrogen-bond donors (Lipinski definition) is 1. The van der Waals surface area contributed by atoms with E-state index in [0.717, 1.165) is 21.4 Å². The molecule has 1 N–H and O–H groups in total. The molecule has 0 atom stereocenters. The average molecular weight is 295 g/mol. The van der Waals surface area contributed by atoms with Gasteiger partial charge in [0.25, 0.3) is 0 Å². The molecule has 2 rings (SSSR count). The molecule has 1 aromatic heterocycles. The highest BCUT2D eigenvalue weighted by atomic mass is 79.9. The van der Waals surface area contributed by atoms with Crippen molar-refractivity contribution >= 4 is 21.7 Å². The van der Waals surface area contributed by atoms with E-state index in [2.05, 4.69) is 26.2 Å². The van der Waals surface area contributed by atoms with E-state index in [-0.39, 0.29) is 5.82 Å². The van der Waals surface area contributed by atoms with Crippen molar-refractivity contribution < 1.29 is 4.39 Å². The molecular formula is C13H12BrFN2. The van der Waals surface area contributed by atoms with Crippen LogP contribution in [0.15, 0.2) is 41.0 Å². The number of rotatable bonds is 3. The lowest BCUT2D eigenvalue weighted by Gasteiger charge is -2.07. The summed E-state index contributed by atoms with van der Waals surface area (Å²) in [5.74, 6) is 0.599. The van der Waals surface area contributed by atoms with Crippen LogP contribution in [0.5, 0.6) is 0 Å². The van der Waals surface area contributed by atoms with Gasteiger partial charge in [-0.1, -0.05) is 12.1 Å². The molecular weight excluding hydrogens is 283 g/mol. The molecule has 0 amide bonds. The number of halogens is 2. The molecule has 0 aliphatic heterocycles. The Bertz CT molecular complexity index is 511. The molecule has 1 aromatic carbocycles. The standard InChI is InChI=1S/C13H12BrFN2/c1-9-6-13(17-8-12(9)14)16-7-10-2-4-11(15)5-3-10/h2-6,8H,7H2,1H3,(H,16,17). The van der Waals surface area contributed by atoms with E-state index in [1.165, 1.54) is 12.1 Å². The number of hydrogen-bond acceptors (Lipinski definition) is 2. The van der Waals surface area contributed by atoms with Crippen LogP contribution in [0, 0.1) is 12.7 Å². The summed E-state index contributed by atoms with van der Waals surface area (Å²) < 4.78 is 13.7. The van der Waals surface area contributed by atoms with Crippen molar-refractivity contribution in [1.29, 1.82) is 0 Å². The van der Waals surface area contributed by atoms with Crippen LogP contribution in [0.2, 0.25) is 0 Å². The number of nitrogens with zero attached hydrogens (tertiary/aromatic N) is 1. The van der Waals surface area contributed by atoms with Crippen molar-refractivity contribution in [2.45, 2.75) is 13.5 Å². The Morgan fingerprint density at radius 1 is 1.29 bits per heavy atom. The van der Waals surface area contributed by atoms with Crippen LogP contribution in [0.25, 0.3) is 0 Å². The van der Waals surface area contributed by atoms with Crippen molar-refractivity contribution in [3.63, 3.8) is 0 Å². The minimum Gasteiger partial charge on any atom is -0.366 e. The number of aromatic nitrogens is 1. The Hall–Kier alpha value is -1.42. The molecule has 0 bridgehead atoms. The third kappa shape index (κ3) is 3.27. The van der Waals surface area contributed by atoms with E-state index in [1.807, 2.05) is 13.0 Å². The van der Waals surface area contributed by atoms with E-state index in [1.54, 1.807) is 18.3 Å². The predicted octanol–water partition coefficient (Wildman–Crippen LogP) is 3.90. The summed E-state index contributed by atoms with van der Waals surface area (Å²) >= 11 is 3.40. The van der Waals surface area contributed by atoms with Crippen LogP contribution < -0.4 is 5.32 Å². The molecule has 1 heterocycles. The lowest BCUT2D eigenvalue weighted by Crippen LogP contribution is -2.01. The molecule has 0 aliphatic rings. The van der Waals surface area contributed by atoms with E-state index < -0.39 is 0 Å². The summed E-state index contributed by atoms with van der Waals surface area (Å²) in [5, 5.41) is 3.19.